The molecule has 5 nitrogen and oxygen atoms in total. The summed E-state index contributed by atoms with van der Waals surface area (Å²) < 4.78 is 64.1. The molecule has 1 unspecified atom stereocenters. The van der Waals surface area contributed by atoms with E-state index in [2.05, 4.69) is 0 Å². The molecule has 0 bridgehead atoms. The van der Waals surface area contributed by atoms with Crippen LogP contribution in [0.3, 0.4) is 0 Å². The molecule has 1 amide bonds. The van der Waals surface area contributed by atoms with Crippen molar-refractivity contribution in [2.24, 2.45) is 0 Å². The topological polar surface area (TPSA) is 75.3 Å². The number of alkyl halides is 3. The van der Waals surface area contributed by atoms with Crippen LogP contribution in [0, 0.1) is 0 Å². The third-order valence-corrected chi connectivity index (χ3v) is 5.41. The molecule has 0 aliphatic rings. The minimum atomic E-state index is -5.07. The van der Waals surface area contributed by atoms with Crippen molar-refractivity contribution in [3.63, 3.8) is 0 Å². The lowest BCUT2D eigenvalue weighted by Gasteiger charge is -2.30. The van der Waals surface area contributed by atoms with Crippen LogP contribution in [-0.2, 0) is 14.8 Å². The highest BCUT2D eigenvalue weighted by Gasteiger charge is 2.59. The average Bonchev–Trinajstić information content (AvgIpc) is 2.81. The van der Waals surface area contributed by atoms with Gasteiger partial charge in [-0.25, -0.2) is 8.42 Å². The van der Waals surface area contributed by atoms with Crippen LogP contribution >= 0.6 is 11.3 Å². The number of rotatable bonds is 5. The zero-order valence-electron chi connectivity index (χ0n) is 10.6. The van der Waals surface area contributed by atoms with Crippen molar-refractivity contribution in [2.75, 3.05) is 6.54 Å². The van der Waals surface area contributed by atoms with E-state index in [0.717, 1.165) is 17.4 Å². The summed E-state index contributed by atoms with van der Waals surface area (Å²) in [7, 11) is -4.43. The molecule has 20 heavy (non-hydrogen) atoms. The lowest BCUT2D eigenvalue weighted by molar-refractivity contribution is -0.191. The quantitative estimate of drug-likeness (QED) is 0.859. The molecular formula is C10H13F3N2O3S2. The molecule has 1 aromatic heterocycles. The number of hydrogen-bond donors (Lipinski definition) is 2. The maximum Gasteiger partial charge on any atom is 0.416 e. The highest BCUT2D eigenvalue weighted by molar-refractivity contribution is 7.91. The Balaban J connectivity index is 3.19. The molecule has 1 aromatic rings. The highest BCUT2D eigenvalue weighted by atomic mass is 32.2. The largest absolute Gasteiger partial charge is 0.416 e. The molecule has 1 rings (SSSR count). The Kier molecular flexibility index (Phi) is 4.82. The van der Waals surface area contributed by atoms with E-state index in [9.17, 15) is 26.4 Å². The number of thiophene rings is 1. The third-order valence-electron chi connectivity index (χ3n) is 2.46. The van der Waals surface area contributed by atoms with Crippen LogP contribution in [0.4, 0.5) is 13.2 Å². The molecule has 0 aliphatic heterocycles. The van der Waals surface area contributed by atoms with Crippen molar-refractivity contribution >= 4 is 27.3 Å². The fourth-order valence-corrected chi connectivity index (χ4v) is 3.66. The van der Waals surface area contributed by atoms with Crippen LogP contribution in [-0.4, -0.2) is 32.6 Å². The zero-order chi connectivity index (χ0) is 15.6. The standard InChI is InChI=1S/C10H13F3N2O3S2/c1-3-14-8(16)9(2,10(11,12)13)15-20(17,18)7-5-4-6-19-7/h4-6,15H,3H2,1-2H3,(H,14,16). The smallest absolute Gasteiger partial charge is 0.354 e. The summed E-state index contributed by atoms with van der Waals surface area (Å²) in [5.41, 5.74) is -3.23. The minimum Gasteiger partial charge on any atom is -0.354 e. The number of hydrogen-bond acceptors (Lipinski definition) is 4. The molecule has 0 saturated carbocycles. The number of nitrogens with one attached hydrogen (secondary N) is 2. The lowest BCUT2D eigenvalue weighted by Crippen LogP contribution is -2.65. The van der Waals surface area contributed by atoms with Gasteiger partial charge in [-0.05, 0) is 25.3 Å². The van der Waals surface area contributed by atoms with Gasteiger partial charge >= 0.3 is 6.18 Å². The number of carbonyl (C=O) groups is 1. The van der Waals surface area contributed by atoms with Gasteiger partial charge in [0.15, 0.2) is 0 Å². The minimum absolute atomic E-state index is 0.0504. The van der Waals surface area contributed by atoms with Crippen molar-refractivity contribution in [2.45, 2.75) is 29.8 Å². The fraction of sp³-hybridized carbons (Fsp3) is 0.500. The van der Waals surface area contributed by atoms with E-state index in [4.69, 9.17) is 0 Å². The summed E-state index contributed by atoms with van der Waals surface area (Å²) in [5.74, 6) is -1.45. The number of sulfonamides is 1. The lowest BCUT2D eigenvalue weighted by atomic mass is 10.0. The molecule has 0 fully saturated rings. The first-order valence-electron chi connectivity index (χ1n) is 5.47. The number of carbonyl (C=O) groups excluding carboxylic acids is 1. The Morgan fingerprint density at radius 1 is 1.40 bits per heavy atom. The van der Waals surface area contributed by atoms with Crippen LogP contribution in [0.25, 0.3) is 0 Å². The molecule has 0 saturated heterocycles. The summed E-state index contributed by atoms with van der Waals surface area (Å²) in [6.45, 7) is 1.87. The van der Waals surface area contributed by atoms with E-state index in [0.29, 0.717) is 6.92 Å². The van der Waals surface area contributed by atoms with Crippen LogP contribution in [0.1, 0.15) is 13.8 Å². The Hall–Kier alpha value is -1.13. The Bertz CT molecular complexity index is 569. The summed E-state index contributed by atoms with van der Waals surface area (Å²) in [4.78, 5) is 11.6. The van der Waals surface area contributed by atoms with Gasteiger partial charge in [0.05, 0.1) is 0 Å². The first-order valence-corrected chi connectivity index (χ1v) is 7.83. The maximum atomic E-state index is 13.1. The van der Waals surface area contributed by atoms with E-state index in [-0.39, 0.29) is 10.8 Å². The van der Waals surface area contributed by atoms with E-state index >= 15 is 0 Å². The molecular weight excluding hydrogens is 317 g/mol. The summed E-state index contributed by atoms with van der Waals surface area (Å²) in [5, 5.41) is 3.39. The second-order valence-corrected chi connectivity index (χ2v) is 6.88. The van der Waals surface area contributed by atoms with Crippen LogP contribution in [0.2, 0.25) is 0 Å². The molecule has 1 atom stereocenters. The Morgan fingerprint density at radius 2 is 2.00 bits per heavy atom. The SMILES string of the molecule is CCNC(=O)C(C)(NS(=O)(=O)c1cccs1)C(F)(F)F. The summed E-state index contributed by atoms with van der Waals surface area (Å²) in [6, 6.07) is 2.54. The fourth-order valence-electron chi connectivity index (χ4n) is 1.31. The van der Waals surface area contributed by atoms with Crippen LogP contribution < -0.4 is 10.0 Å². The van der Waals surface area contributed by atoms with Gasteiger partial charge in [-0.15, -0.1) is 11.3 Å². The van der Waals surface area contributed by atoms with E-state index in [1.807, 2.05) is 5.32 Å². The van der Waals surface area contributed by atoms with Gasteiger partial charge in [0.1, 0.15) is 4.21 Å². The normalized spacial score (nSPS) is 15.7. The van der Waals surface area contributed by atoms with Gasteiger partial charge in [0.25, 0.3) is 10.0 Å². The molecule has 10 heteroatoms. The predicted octanol–water partition coefficient (Wildman–Crippen LogP) is 1.48. The molecule has 0 aromatic carbocycles. The van der Waals surface area contributed by atoms with Crippen molar-refractivity contribution in [3.8, 4) is 0 Å². The Morgan fingerprint density at radius 3 is 2.40 bits per heavy atom. The molecule has 0 spiro atoms. The maximum absolute atomic E-state index is 13.1. The Labute approximate surface area is 118 Å². The van der Waals surface area contributed by atoms with Crippen molar-refractivity contribution in [1.82, 2.24) is 10.0 Å². The van der Waals surface area contributed by atoms with Crippen molar-refractivity contribution in [3.05, 3.63) is 17.5 Å². The van der Waals surface area contributed by atoms with E-state index in [1.54, 1.807) is 0 Å². The summed E-state index contributed by atoms with van der Waals surface area (Å²) in [6.07, 6.45) is -5.07. The van der Waals surface area contributed by atoms with Crippen molar-refractivity contribution in [1.29, 1.82) is 0 Å². The van der Waals surface area contributed by atoms with Gasteiger partial charge < -0.3 is 5.32 Å². The van der Waals surface area contributed by atoms with Gasteiger partial charge in [-0.3, -0.25) is 4.79 Å². The number of halogens is 3. The highest BCUT2D eigenvalue weighted by Crippen LogP contribution is 2.32. The molecule has 114 valence electrons. The number of amides is 1. The molecule has 2 N–H and O–H groups in total. The summed E-state index contributed by atoms with van der Waals surface area (Å²) >= 11 is 0.757. The molecule has 1 heterocycles. The zero-order valence-corrected chi connectivity index (χ0v) is 12.2. The third kappa shape index (κ3) is 3.30. The molecule has 0 aliphatic carbocycles. The number of likely N-dealkylation sites (N-methyl/N-ethyl adjacent to an activating group) is 1. The molecule has 0 radical (unpaired) electrons. The second-order valence-electron chi connectivity index (χ2n) is 4.02. The van der Waals surface area contributed by atoms with E-state index < -0.39 is 27.6 Å². The van der Waals surface area contributed by atoms with Crippen LogP contribution in [0.5, 0.6) is 0 Å². The predicted molar refractivity (Wildman–Crippen MR) is 67.8 cm³/mol. The van der Waals surface area contributed by atoms with Gasteiger partial charge in [0.2, 0.25) is 11.4 Å². The average molecular weight is 330 g/mol. The van der Waals surface area contributed by atoms with Gasteiger partial charge in [0, 0.05) is 6.54 Å². The first-order chi connectivity index (χ1) is 9.04. The monoisotopic (exact) mass is 330 g/mol. The van der Waals surface area contributed by atoms with Gasteiger partial charge in [-0.1, -0.05) is 6.07 Å². The van der Waals surface area contributed by atoms with Crippen molar-refractivity contribution < 1.29 is 26.4 Å². The van der Waals surface area contributed by atoms with Crippen LogP contribution in [0.15, 0.2) is 21.7 Å². The van der Waals surface area contributed by atoms with E-state index in [1.165, 1.54) is 23.1 Å². The second kappa shape index (κ2) is 5.70. The first kappa shape index (κ1) is 16.9. The van der Waals surface area contributed by atoms with Gasteiger partial charge in [-0.2, -0.15) is 17.9 Å².